The van der Waals surface area contributed by atoms with E-state index < -0.39 is 5.97 Å². The van der Waals surface area contributed by atoms with E-state index in [2.05, 4.69) is 11.8 Å². The van der Waals surface area contributed by atoms with Gasteiger partial charge in [-0.3, -0.25) is 0 Å². The Labute approximate surface area is 117 Å². The fraction of sp³-hybridized carbons (Fsp3) is 0.333. The Morgan fingerprint density at radius 3 is 2.80 bits per heavy atom. The monoisotopic (exact) mass is 273 g/mol. The summed E-state index contributed by atoms with van der Waals surface area (Å²) < 4.78 is 5.21. The fourth-order valence-electron chi connectivity index (χ4n) is 2.02. The summed E-state index contributed by atoms with van der Waals surface area (Å²) >= 11 is 0. The van der Waals surface area contributed by atoms with E-state index >= 15 is 0 Å². The molecule has 1 aromatic rings. The Morgan fingerprint density at radius 1 is 1.35 bits per heavy atom. The van der Waals surface area contributed by atoms with Crippen LogP contribution in [0.5, 0.6) is 0 Å². The zero-order valence-corrected chi connectivity index (χ0v) is 10.9. The second-order valence-electron chi connectivity index (χ2n) is 4.55. The first kappa shape index (κ1) is 13.9. The molecule has 0 aliphatic carbocycles. The summed E-state index contributed by atoms with van der Waals surface area (Å²) in [5.74, 6) is 3.50. The van der Waals surface area contributed by atoms with Gasteiger partial charge in [0.1, 0.15) is 6.61 Å². The van der Waals surface area contributed by atoms with Crippen molar-refractivity contribution in [3.8, 4) is 11.8 Å². The minimum Gasteiger partial charge on any atom is -0.472 e. The lowest BCUT2D eigenvalue weighted by molar-refractivity contribution is -0.130. The van der Waals surface area contributed by atoms with E-state index in [1.807, 2.05) is 30.3 Å². The maximum Gasteiger partial charge on any atom is 0.410 e. The molecule has 1 unspecified atom stereocenters. The predicted octanol–water partition coefficient (Wildman–Crippen LogP) is 1.73. The molecule has 0 bridgehead atoms. The number of carbonyl (C=O) groups is 2. The number of carboxylic acid groups (broad SMARTS) is 1. The van der Waals surface area contributed by atoms with Gasteiger partial charge in [0, 0.05) is 24.9 Å². The van der Waals surface area contributed by atoms with Crippen LogP contribution in [-0.4, -0.2) is 35.2 Å². The number of aliphatic carboxylic acids is 1. The SMILES string of the molecule is O=C(O)C#CC1CCN(C(=O)OCc2ccccc2)C1. The highest BCUT2D eigenvalue weighted by atomic mass is 16.6. The van der Waals surface area contributed by atoms with Crippen LogP contribution in [0.15, 0.2) is 30.3 Å². The summed E-state index contributed by atoms with van der Waals surface area (Å²) in [6, 6.07) is 9.45. The van der Waals surface area contributed by atoms with Crippen LogP contribution in [-0.2, 0) is 16.1 Å². The van der Waals surface area contributed by atoms with Crippen LogP contribution < -0.4 is 0 Å². The predicted molar refractivity (Wildman–Crippen MR) is 71.7 cm³/mol. The highest BCUT2D eigenvalue weighted by Gasteiger charge is 2.26. The lowest BCUT2D eigenvalue weighted by Crippen LogP contribution is -2.29. The first-order valence-electron chi connectivity index (χ1n) is 6.35. The van der Waals surface area contributed by atoms with Crippen LogP contribution >= 0.6 is 0 Å². The first-order valence-corrected chi connectivity index (χ1v) is 6.35. The van der Waals surface area contributed by atoms with E-state index in [-0.39, 0.29) is 18.6 Å². The molecule has 1 fully saturated rings. The van der Waals surface area contributed by atoms with Gasteiger partial charge in [-0.05, 0) is 12.0 Å². The van der Waals surface area contributed by atoms with E-state index in [4.69, 9.17) is 9.84 Å². The van der Waals surface area contributed by atoms with E-state index in [0.29, 0.717) is 19.5 Å². The zero-order valence-electron chi connectivity index (χ0n) is 10.9. The number of carbonyl (C=O) groups excluding carboxylic acids is 1. The summed E-state index contributed by atoms with van der Waals surface area (Å²) in [6.07, 6.45) is 0.300. The number of hydrogen-bond donors (Lipinski definition) is 1. The van der Waals surface area contributed by atoms with Crippen LogP contribution in [0.25, 0.3) is 0 Å². The standard InChI is InChI=1S/C15H15NO4/c17-14(18)7-6-12-8-9-16(10-12)15(19)20-11-13-4-2-1-3-5-13/h1-5,12H,8-11H2,(H,17,18). The topological polar surface area (TPSA) is 66.8 Å². The highest BCUT2D eigenvalue weighted by Crippen LogP contribution is 2.16. The third-order valence-electron chi connectivity index (χ3n) is 3.03. The third-order valence-corrected chi connectivity index (χ3v) is 3.03. The van der Waals surface area contributed by atoms with Crippen LogP contribution in [0.1, 0.15) is 12.0 Å². The maximum absolute atomic E-state index is 11.8. The molecule has 1 amide bonds. The number of rotatable bonds is 2. The van der Waals surface area contributed by atoms with Crippen LogP contribution in [0, 0.1) is 17.8 Å². The molecule has 1 atom stereocenters. The molecule has 0 saturated carbocycles. The van der Waals surface area contributed by atoms with Gasteiger partial charge in [0.15, 0.2) is 0 Å². The summed E-state index contributed by atoms with van der Waals surface area (Å²) in [5.41, 5.74) is 0.933. The minimum absolute atomic E-state index is 0.0876. The average Bonchev–Trinajstić information content (AvgIpc) is 2.92. The number of benzene rings is 1. The van der Waals surface area contributed by atoms with Gasteiger partial charge in [0.05, 0.1) is 0 Å². The molecule has 1 aliphatic rings. The molecule has 20 heavy (non-hydrogen) atoms. The van der Waals surface area contributed by atoms with Crippen molar-refractivity contribution in [3.05, 3.63) is 35.9 Å². The van der Waals surface area contributed by atoms with Gasteiger partial charge in [0.25, 0.3) is 0 Å². The summed E-state index contributed by atoms with van der Waals surface area (Å²) in [5, 5.41) is 8.48. The van der Waals surface area contributed by atoms with Crippen molar-refractivity contribution in [3.63, 3.8) is 0 Å². The molecular weight excluding hydrogens is 258 g/mol. The van der Waals surface area contributed by atoms with Crippen LogP contribution in [0.2, 0.25) is 0 Å². The van der Waals surface area contributed by atoms with Crippen molar-refractivity contribution in [2.24, 2.45) is 5.92 Å². The van der Waals surface area contributed by atoms with E-state index in [0.717, 1.165) is 5.56 Å². The third kappa shape index (κ3) is 4.02. The lowest BCUT2D eigenvalue weighted by Gasteiger charge is -2.15. The van der Waals surface area contributed by atoms with Crippen molar-refractivity contribution >= 4 is 12.1 Å². The Hall–Kier alpha value is -2.48. The molecule has 1 aromatic carbocycles. The lowest BCUT2D eigenvalue weighted by atomic mass is 10.1. The second-order valence-corrected chi connectivity index (χ2v) is 4.55. The smallest absolute Gasteiger partial charge is 0.410 e. The summed E-state index contributed by atoms with van der Waals surface area (Å²) in [7, 11) is 0. The normalized spacial score (nSPS) is 17.2. The number of hydrogen-bond acceptors (Lipinski definition) is 3. The van der Waals surface area contributed by atoms with Gasteiger partial charge < -0.3 is 14.7 Å². The minimum atomic E-state index is -1.14. The molecule has 5 nitrogen and oxygen atoms in total. The van der Waals surface area contributed by atoms with Crippen molar-refractivity contribution in [1.29, 1.82) is 0 Å². The zero-order chi connectivity index (χ0) is 14.4. The molecule has 1 heterocycles. The second kappa shape index (κ2) is 6.62. The van der Waals surface area contributed by atoms with Gasteiger partial charge in [-0.15, -0.1) is 0 Å². The Kier molecular flexibility index (Phi) is 4.61. The fourth-order valence-corrected chi connectivity index (χ4v) is 2.02. The number of ether oxygens (including phenoxy) is 1. The summed E-state index contributed by atoms with van der Waals surface area (Å²) in [6.45, 7) is 1.21. The Balaban J connectivity index is 1.80. The molecule has 5 heteroatoms. The van der Waals surface area contributed by atoms with Crippen molar-refractivity contribution in [1.82, 2.24) is 4.90 Å². The molecule has 1 saturated heterocycles. The quantitative estimate of drug-likeness (QED) is 0.833. The van der Waals surface area contributed by atoms with Crippen LogP contribution in [0.4, 0.5) is 4.79 Å². The van der Waals surface area contributed by atoms with E-state index in [1.165, 1.54) is 0 Å². The van der Waals surface area contributed by atoms with Crippen molar-refractivity contribution in [2.45, 2.75) is 13.0 Å². The molecule has 1 aliphatic heterocycles. The Morgan fingerprint density at radius 2 is 2.10 bits per heavy atom. The maximum atomic E-state index is 11.8. The van der Waals surface area contributed by atoms with Gasteiger partial charge in [-0.1, -0.05) is 36.3 Å². The summed E-state index contributed by atoms with van der Waals surface area (Å²) in [4.78, 5) is 23.8. The molecule has 0 radical (unpaired) electrons. The van der Waals surface area contributed by atoms with Gasteiger partial charge in [0.2, 0.25) is 0 Å². The number of carboxylic acids is 1. The van der Waals surface area contributed by atoms with Crippen molar-refractivity contribution < 1.29 is 19.4 Å². The molecule has 0 aromatic heterocycles. The molecular formula is C15H15NO4. The number of nitrogens with zero attached hydrogens (tertiary/aromatic N) is 1. The van der Waals surface area contributed by atoms with E-state index in [9.17, 15) is 9.59 Å². The molecule has 104 valence electrons. The molecule has 0 spiro atoms. The molecule has 2 rings (SSSR count). The van der Waals surface area contributed by atoms with E-state index in [1.54, 1.807) is 4.90 Å². The average molecular weight is 273 g/mol. The van der Waals surface area contributed by atoms with Gasteiger partial charge in [-0.2, -0.15) is 0 Å². The van der Waals surface area contributed by atoms with Gasteiger partial charge >= 0.3 is 12.1 Å². The van der Waals surface area contributed by atoms with Crippen LogP contribution in [0.3, 0.4) is 0 Å². The first-order chi connectivity index (χ1) is 9.65. The number of likely N-dealkylation sites (tertiary alicyclic amines) is 1. The van der Waals surface area contributed by atoms with Crippen molar-refractivity contribution in [2.75, 3.05) is 13.1 Å². The number of amides is 1. The highest BCUT2D eigenvalue weighted by molar-refractivity contribution is 5.86. The Bertz CT molecular complexity index is 544. The van der Waals surface area contributed by atoms with Gasteiger partial charge in [-0.25, -0.2) is 9.59 Å². The largest absolute Gasteiger partial charge is 0.472 e. The molecule has 1 N–H and O–H groups in total.